The van der Waals surface area contributed by atoms with Crippen molar-refractivity contribution < 1.29 is 19.2 Å². The van der Waals surface area contributed by atoms with Gasteiger partial charge in [0.1, 0.15) is 0 Å². The number of ether oxygens (including phenoxy) is 1. The van der Waals surface area contributed by atoms with Crippen molar-refractivity contribution in [1.82, 2.24) is 10.9 Å². The smallest absolute Gasteiger partial charge is 0.310 e. The Kier molecular flexibility index (Phi) is 6.81. The van der Waals surface area contributed by atoms with Crippen molar-refractivity contribution in [1.29, 1.82) is 0 Å². The summed E-state index contributed by atoms with van der Waals surface area (Å²) in [4.78, 5) is 33.1. The molecule has 0 aromatic heterocycles. The number of rotatable bonds is 7. The van der Waals surface area contributed by atoms with E-state index in [4.69, 9.17) is 4.74 Å². The molecule has 22 heavy (non-hydrogen) atoms. The van der Waals surface area contributed by atoms with Gasteiger partial charge in [0.2, 0.25) is 5.91 Å². The Hall–Kier alpha value is -2.64. The summed E-state index contributed by atoms with van der Waals surface area (Å²) in [6.07, 6.45) is 1.03. The highest BCUT2D eigenvalue weighted by atomic mass is 16.6. The van der Waals surface area contributed by atoms with Crippen LogP contribution in [0.15, 0.2) is 24.3 Å². The second kappa shape index (κ2) is 8.60. The number of hydrogen-bond acceptors (Lipinski definition) is 5. The van der Waals surface area contributed by atoms with Crippen molar-refractivity contribution in [2.75, 3.05) is 6.61 Å². The lowest BCUT2D eigenvalue weighted by Crippen LogP contribution is -2.43. The summed E-state index contributed by atoms with van der Waals surface area (Å²) in [7, 11) is 0. The second-order valence-corrected chi connectivity index (χ2v) is 5.04. The normalized spacial score (nSPS) is 10.1. The third kappa shape index (κ3) is 6.21. The molecule has 8 heteroatoms. The van der Waals surface area contributed by atoms with Gasteiger partial charge in [-0.05, 0) is 18.4 Å². The largest absolute Gasteiger partial charge is 0.477 e. The molecule has 0 saturated heterocycles. The lowest BCUT2D eigenvalue weighted by Gasteiger charge is -2.09. The van der Waals surface area contributed by atoms with Crippen LogP contribution in [0.5, 0.6) is 5.75 Å². The number of benzene rings is 1. The maximum atomic E-state index is 11.5. The number of hydrazine groups is 1. The highest BCUT2D eigenvalue weighted by Gasteiger charge is 2.15. The van der Waals surface area contributed by atoms with Crippen molar-refractivity contribution in [2.45, 2.75) is 26.7 Å². The van der Waals surface area contributed by atoms with Crippen molar-refractivity contribution in [2.24, 2.45) is 5.92 Å². The van der Waals surface area contributed by atoms with Gasteiger partial charge < -0.3 is 4.74 Å². The number of carbonyl (C=O) groups is 2. The molecular formula is C14H19N3O5. The molecular weight excluding hydrogens is 290 g/mol. The number of nitro groups is 1. The zero-order valence-corrected chi connectivity index (χ0v) is 12.5. The Labute approximate surface area is 128 Å². The molecule has 2 N–H and O–H groups in total. The lowest BCUT2D eigenvalue weighted by atomic mass is 10.1. The molecule has 0 heterocycles. The van der Waals surface area contributed by atoms with E-state index in [0.717, 1.165) is 0 Å². The predicted molar refractivity (Wildman–Crippen MR) is 78.9 cm³/mol. The first-order valence-electron chi connectivity index (χ1n) is 6.84. The number of nitrogens with one attached hydrogen (secondary N) is 2. The monoisotopic (exact) mass is 309 g/mol. The fourth-order valence-electron chi connectivity index (χ4n) is 1.53. The third-order valence-electron chi connectivity index (χ3n) is 2.71. The number of hydrogen-bond donors (Lipinski definition) is 2. The molecule has 2 amide bonds. The molecule has 0 bridgehead atoms. The molecule has 0 aliphatic carbocycles. The van der Waals surface area contributed by atoms with Crippen LogP contribution < -0.4 is 15.6 Å². The summed E-state index contributed by atoms with van der Waals surface area (Å²) in [6.45, 7) is 3.55. The van der Waals surface area contributed by atoms with Crippen LogP contribution in [0.3, 0.4) is 0 Å². The van der Waals surface area contributed by atoms with E-state index in [-0.39, 0.29) is 17.3 Å². The standard InChI is InChI=1S/C14H19N3O5/c1-10(2)7-8-13(18)15-16-14(19)9-22-12-6-4-3-5-11(12)17(20)21/h3-6,10H,7-9H2,1-2H3,(H,15,18)(H,16,19). The van der Waals surface area contributed by atoms with Crippen molar-refractivity contribution >= 4 is 17.5 Å². The molecule has 0 saturated carbocycles. The molecule has 8 nitrogen and oxygen atoms in total. The quantitative estimate of drug-likeness (QED) is 0.586. The van der Waals surface area contributed by atoms with Gasteiger partial charge >= 0.3 is 5.69 Å². The molecule has 0 radical (unpaired) electrons. The van der Waals surface area contributed by atoms with Crippen molar-refractivity contribution in [3.63, 3.8) is 0 Å². The van der Waals surface area contributed by atoms with E-state index in [1.165, 1.54) is 18.2 Å². The van der Waals surface area contributed by atoms with Crippen LogP contribution in [0, 0.1) is 16.0 Å². The first kappa shape index (κ1) is 17.4. The van der Waals surface area contributed by atoms with Crippen LogP contribution in [0.25, 0.3) is 0 Å². The molecule has 1 aromatic carbocycles. The van der Waals surface area contributed by atoms with Gasteiger partial charge in [-0.15, -0.1) is 0 Å². The van der Waals surface area contributed by atoms with Crippen LogP contribution in [0.1, 0.15) is 26.7 Å². The summed E-state index contributed by atoms with van der Waals surface area (Å²) >= 11 is 0. The average molecular weight is 309 g/mol. The SMILES string of the molecule is CC(C)CCC(=O)NNC(=O)COc1ccccc1[N+](=O)[O-]. The van der Waals surface area contributed by atoms with Gasteiger partial charge in [0.15, 0.2) is 12.4 Å². The van der Waals surface area contributed by atoms with Gasteiger partial charge in [-0.1, -0.05) is 26.0 Å². The maximum Gasteiger partial charge on any atom is 0.310 e. The predicted octanol–water partition coefficient (Wildman–Crippen LogP) is 1.56. The average Bonchev–Trinajstić information content (AvgIpc) is 2.48. The van der Waals surface area contributed by atoms with E-state index in [1.54, 1.807) is 6.07 Å². The number of carbonyl (C=O) groups excluding carboxylic acids is 2. The highest BCUT2D eigenvalue weighted by molar-refractivity contribution is 5.82. The molecule has 0 unspecified atom stereocenters. The highest BCUT2D eigenvalue weighted by Crippen LogP contribution is 2.25. The molecule has 0 aliphatic heterocycles. The Morgan fingerprint density at radius 1 is 1.23 bits per heavy atom. The van der Waals surface area contributed by atoms with E-state index >= 15 is 0 Å². The zero-order valence-electron chi connectivity index (χ0n) is 12.5. The zero-order chi connectivity index (χ0) is 16.5. The summed E-state index contributed by atoms with van der Waals surface area (Å²) in [5, 5.41) is 10.8. The molecule has 1 rings (SSSR count). The van der Waals surface area contributed by atoms with E-state index < -0.39 is 17.4 Å². The number of nitrogens with zero attached hydrogens (tertiary/aromatic N) is 1. The van der Waals surface area contributed by atoms with Crippen molar-refractivity contribution in [3.8, 4) is 5.75 Å². The van der Waals surface area contributed by atoms with Crippen LogP contribution in [-0.4, -0.2) is 23.3 Å². The second-order valence-electron chi connectivity index (χ2n) is 5.04. The fourth-order valence-corrected chi connectivity index (χ4v) is 1.53. The van der Waals surface area contributed by atoms with Gasteiger partial charge in [0.25, 0.3) is 5.91 Å². The number of amides is 2. The van der Waals surface area contributed by atoms with Gasteiger partial charge in [-0.3, -0.25) is 30.6 Å². The molecule has 0 spiro atoms. The Bertz CT molecular complexity index is 545. The lowest BCUT2D eigenvalue weighted by molar-refractivity contribution is -0.385. The van der Waals surface area contributed by atoms with Gasteiger partial charge in [0, 0.05) is 12.5 Å². The van der Waals surface area contributed by atoms with Crippen molar-refractivity contribution in [3.05, 3.63) is 34.4 Å². The van der Waals surface area contributed by atoms with Crippen LogP contribution >= 0.6 is 0 Å². The van der Waals surface area contributed by atoms with Crippen LogP contribution in [0.2, 0.25) is 0 Å². The molecule has 1 aromatic rings. The van der Waals surface area contributed by atoms with Gasteiger partial charge in [-0.25, -0.2) is 0 Å². The minimum Gasteiger partial charge on any atom is -0.477 e. The molecule has 120 valence electrons. The van der Waals surface area contributed by atoms with Gasteiger partial charge in [0.05, 0.1) is 4.92 Å². The Morgan fingerprint density at radius 3 is 2.50 bits per heavy atom. The van der Waals surface area contributed by atoms with Crippen LogP contribution in [0.4, 0.5) is 5.69 Å². The van der Waals surface area contributed by atoms with Gasteiger partial charge in [-0.2, -0.15) is 0 Å². The minimum absolute atomic E-state index is 0.00576. The molecule has 0 aliphatic rings. The Balaban J connectivity index is 2.38. The first-order chi connectivity index (χ1) is 10.4. The number of nitro benzene ring substituents is 1. The third-order valence-corrected chi connectivity index (χ3v) is 2.71. The van der Waals surface area contributed by atoms with Crippen LogP contribution in [-0.2, 0) is 9.59 Å². The fraction of sp³-hybridized carbons (Fsp3) is 0.429. The van der Waals surface area contributed by atoms with E-state index in [2.05, 4.69) is 10.9 Å². The summed E-state index contributed by atoms with van der Waals surface area (Å²) in [5.41, 5.74) is 4.23. The molecule has 0 fully saturated rings. The summed E-state index contributed by atoms with van der Waals surface area (Å²) in [6, 6.07) is 5.74. The number of para-hydroxylation sites is 2. The summed E-state index contributed by atoms with van der Waals surface area (Å²) in [5.74, 6) is -0.513. The van der Waals surface area contributed by atoms with E-state index in [9.17, 15) is 19.7 Å². The topological polar surface area (TPSA) is 111 Å². The van der Waals surface area contributed by atoms with E-state index in [0.29, 0.717) is 18.8 Å². The maximum absolute atomic E-state index is 11.5. The Morgan fingerprint density at radius 2 is 1.86 bits per heavy atom. The summed E-state index contributed by atoms with van der Waals surface area (Å²) < 4.78 is 5.09. The minimum atomic E-state index is -0.601. The van der Waals surface area contributed by atoms with E-state index in [1.807, 2.05) is 13.8 Å². The first-order valence-corrected chi connectivity index (χ1v) is 6.84. The molecule has 0 atom stereocenters.